The Morgan fingerprint density at radius 3 is 1.94 bits per heavy atom. The van der Waals surface area contributed by atoms with E-state index < -0.39 is 0 Å². The van der Waals surface area contributed by atoms with E-state index in [9.17, 15) is 19.8 Å². The third-order valence-electron chi connectivity index (χ3n) is 5.06. The van der Waals surface area contributed by atoms with Gasteiger partial charge in [-0.25, -0.2) is 0 Å². The minimum atomic E-state index is -0.242. The van der Waals surface area contributed by atoms with Gasteiger partial charge in [0.25, 0.3) is 11.8 Å². The summed E-state index contributed by atoms with van der Waals surface area (Å²) >= 11 is 0. The lowest BCUT2D eigenvalue weighted by Gasteiger charge is -2.27. The summed E-state index contributed by atoms with van der Waals surface area (Å²) in [5, 5.41) is 24.6. The van der Waals surface area contributed by atoms with E-state index in [2.05, 4.69) is 31.4 Å². The van der Waals surface area contributed by atoms with Crippen LogP contribution in [0.15, 0.2) is 24.3 Å². The Hall–Kier alpha value is -3.42. The summed E-state index contributed by atoms with van der Waals surface area (Å²) in [6.07, 6.45) is 0. The highest BCUT2D eigenvalue weighted by atomic mass is 16.5. The van der Waals surface area contributed by atoms with Gasteiger partial charge in [0.15, 0.2) is 19.0 Å². The molecule has 8 nitrogen and oxygen atoms in total. The van der Waals surface area contributed by atoms with E-state index in [0.717, 1.165) is 11.1 Å². The van der Waals surface area contributed by atoms with Gasteiger partial charge in [-0.2, -0.15) is 0 Å². The highest BCUT2D eigenvalue weighted by Gasteiger charge is 2.28. The Balaban J connectivity index is 0.000000181. The smallest absolute Gasteiger partial charge is 0.262 e. The Kier molecular flexibility index (Phi) is 6.00. The molecule has 2 aliphatic heterocycles. The third-order valence-corrected chi connectivity index (χ3v) is 5.06. The summed E-state index contributed by atoms with van der Waals surface area (Å²) in [7, 11) is 0. The zero-order chi connectivity index (χ0) is 23.8. The molecule has 4 N–H and O–H groups in total. The minimum absolute atomic E-state index is 0.000463. The number of aromatic hydroxyl groups is 2. The monoisotopic (exact) mass is 442 g/mol. The molecule has 0 spiro atoms. The number of rotatable bonds is 0. The number of phenols is 2. The van der Waals surface area contributed by atoms with Gasteiger partial charge in [-0.3, -0.25) is 9.59 Å². The van der Waals surface area contributed by atoms with Crippen LogP contribution in [0.4, 0.5) is 11.4 Å². The summed E-state index contributed by atoms with van der Waals surface area (Å²) in [6, 6.07) is 6.58. The van der Waals surface area contributed by atoms with Crippen molar-refractivity contribution in [1.82, 2.24) is 0 Å². The number of nitrogens with one attached hydrogen (secondary N) is 2. The number of carbonyl (C=O) groups excluding carboxylic acids is 2. The van der Waals surface area contributed by atoms with Crippen molar-refractivity contribution < 1.29 is 29.3 Å². The molecule has 0 radical (unpaired) electrons. The van der Waals surface area contributed by atoms with Gasteiger partial charge in [0.1, 0.15) is 22.9 Å². The second-order valence-corrected chi connectivity index (χ2v) is 9.88. The van der Waals surface area contributed by atoms with E-state index in [-0.39, 0.29) is 47.4 Å². The zero-order valence-electron chi connectivity index (χ0n) is 19.3. The number of phenolic OH excluding ortho intramolecular Hbond substituents is 2. The maximum Gasteiger partial charge on any atom is 0.262 e. The highest BCUT2D eigenvalue weighted by Crippen LogP contribution is 2.44. The first kappa shape index (κ1) is 23.2. The number of anilines is 2. The molecule has 2 heterocycles. The number of benzene rings is 2. The summed E-state index contributed by atoms with van der Waals surface area (Å²) < 4.78 is 10.8. The van der Waals surface area contributed by atoms with Crippen molar-refractivity contribution in [2.45, 2.75) is 52.4 Å². The molecule has 4 rings (SSSR count). The maximum atomic E-state index is 11.2. The van der Waals surface area contributed by atoms with Gasteiger partial charge in [-0.1, -0.05) is 47.6 Å². The average molecular weight is 443 g/mol. The molecule has 0 unspecified atom stereocenters. The van der Waals surface area contributed by atoms with Crippen molar-refractivity contribution in [2.24, 2.45) is 0 Å². The predicted molar refractivity (Wildman–Crippen MR) is 122 cm³/mol. The molecular formula is C24H30N2O6. The fraction of sp³-hybridized carbons (Fsp3) is 0.417. The van der Waals surface area contributed by atoms with Crippen molar-refractivity contribution in [1.29, 1.82) is 0 Å². The van der Waals surface area contributed by atoms with Crippen LogP contribution < -0.4 is 20.1 Å². The van der Waals surface area contributed by atoms with Crippen LogP contribution >= 0.6 is 0 Å². The molecule has 0 atom stereocenters. The summed E-state index contributed by atoms with van der Waals surface area (Å²) in [5.41, 5.74) is 2.54. The lowest BCUT2D eigenvalue weighted by Crippen LogP contribution is -2.27. The second-order valence-electron chi connectivity index (χ2n) is 9.88. The number of ether oxygens (including phenoxy) is 2. The number of carbonyl (C=O) groups is 2. The topological polar surface area (TPSA) is 117 Å². The molecule has 0 aliphatic carbocycles. The van der Waals surface area contributed by atoms with E-state index in [1.165, 1.54) is 6.07 Å². The number of fused-ring (bicyclic) bond motifs is 2. The molecule has 2 aliphatic rings. The zero-order valence-corrected chi connectivity index (χ0v) is 19.3. The third kappa shape index (κ3) is 4.90. The van der Waals surface area contributed by atoms with E-state index in [0.29, 0.717) is 22.9 Å². The first-order valence-corrected chi connectivity index (χ1v) is 10.4. The van der Waals surface area contributed by atoms with Crippen LogP contribution in [0.2, 0.25) is 0 Å². The second kappa shape index (κ2) is 8.26. The van der Waals surface area contributed by atoms with Crippen LogP contribution in [0.25, 0.3) is 0 Å². The Morgan fingerprint density at radius 2 is 1.34 bits per heavy atom. The largest absolute Gasteiger partial charge is 0.508 e. The van der Waals surface area contributed by atoms with Crippen molar-refractivity contribution in [3.63, 3.8) is 0 Å². The Labute approximate surface area is 187 Å². The normalized spacial score (nSPS) is 15.1. The molecule has 2 amide bonds. The standard InChI is InChI=1S/2C12H15NO3/c1-12(2,3)8-4-7(14)5-9-11(8)16-6-10(15)13-9;1-12(2,3)7-4-5-8(14)10-11(7)16-6-9(15)13-10/h2*4-5,14H,6H2,1-3H3,(H,13,15). The highest BCUT2D eigenvalue weighted by molar-refractivity contribution is 5.98. The fourth-order valence-electron chi connectivity index (χ4n) is 3.49. The molecule has 0 fully saturated rings. The molecule has 0 aromatic heterocycles. The average Bonchev–Trinajstić information content (AvgIpc) is 2.66. The SMILES string of the molecule is CC(C)(C)c1cc(O)cc2c1OCC(=O)N2.CC(C)(C)c1ccc(O)c2c1OCC(=O)N2. The Bertz CT molecular complexity index is 1060. The number of hydrogen-bond acceptors (Lipinski definition) is 6. The van der Waals surface area contributed by atoms with Crippen LogP contribution in [0.3, 0.4) is 0 Å². The van der Waals surface area contributed by atoms with Crippen LogP contribution in [-0.4, -0.2) is 35.2 Å². The van der Waals surface area contributed by atoms with Crippen LogP contribution in [0.1, 0.15) is 52.7 Å². The molecule has 2 aromatic carbocycles. The molecule has 0 saturated heterocycles. The molecule has 0 bridgehead atoms. The summed E-state index contributed by atoms with van der Waals surface area (Å²) in [6.45, 7) is 12.3. The van der Waals surface area contributed by atoms with E-state index in [4.69, 9.17) is 9.47 Å². The molecule has 32 heavy (non-hydrogen) atoms. The molecule has 2 aromatic rings. The van der Waals surface area contributed by atoms with Gasteiger partial charge in [0, 0.05) is 17.2 Å². The van der Waals surface area contributed by atoms with Crippen LogP contribution in [0, 0.1) is 0 Å². The minimum Gasteiger partial charge on any atom is -0.508 e. The van der Waals surface area contributed by atoms with Crippen molar-refractivity contribution in [3.05, 3.63) is 35.4 Å². The lowest BCUT2D eigenvalue weighted by atomic mass is 9.85. The van der Waals surface area contributed by atoms with Crippen molar-refractivity contribution >= 4 is 23.2 Å². The first-order valence-electron chi connectivity index (χ1n) is 10.4. The molecule has 8 heteroatoms. The number of hydrogen-bond donors (Lipinski definition) is 4. The van der Waals surface area contributed by atoms with Gasteiger partial charge in [-0.15, -0.1) is 0 Å². The van der Waals surface area contributed by atoms with Gasteiger partial charge in [0.05, 0.1) is 5.69 Å². The fourth-order valence-corrected chi connectivity index (χ4v) is 3.49. The first-order chi connectivity index (χ1) is 14.8. The van der Waals surface area contributed by atoms with Crippen molar-refractivity contribution in [3.8, 4) is 23.0 Å². The summed E-state index contributed by atoms with van der Waals surface area (Å²) in [5.74, 6) is 0.967. The number of amides is 2. The molecule has 172 valence electrons. The summed E-state index contributed by atoms with van der Waals surface area (Å²) in [4.78, 5) is 22.4. The van der Waals surface area contributed by atoms with Crippen LogP contribution in [0.5, 0.6) is 23.0 Å². The van der Waals surface area contributed by atoms with E-state index >= 15 is 0 Å². The molecular weight excluding hydrogens is 412 g/mol. The predicted octanol–water partition coefficient (Wildman–Crippen LogP) is 4.04. The Morgan fingerprint density at radius 1 is 0.781 bits per heavy atom. The van der Waals surface area contributed by atoms with E-state index in [1.807, 2.05) is 26.8 Å². The maximum absolute atomic E-state index is 11.2. The van der Waals surface area contributed by atoms with Crippen molar-refractivity contribution in [2.75, 3.05) is 23.8 Å². The van der Waals surface area contributed by atoms with Gasteiger partial charge in [-0.05, 0) is 23.0 Å². The van der Waals surface area contributed by atoms with Gasteiger partial charge < -0.3 is 30.3 Å². The van der Waals surface area contributed by atoms with Crippen LogP contribution in [-0.2, 0) is 20.4 Å². The van der Waals surface area contributed by atoms with E-state index in [1.54, 1.807) is 12.1 Å². The lowest BCUT2D eigenvalue weighted by molar-refractivity contribution is -0.119. The quantitative estimate of drug-likeness (QED) is 0.458. The van der Waals surface area contributed by atoms with Gasteiger partial charge >= 0.3 is 0 Å². The van der Waals surface area contributed by atoms with Gasteiger partial charge in [0.2, 0.25) is 0 Å². The molecule has 0 saturated carbocycles.